The molecule has 1 aliphatic rings. The van der Waals surface area contributed by atoms with E-state index in [0.29, 0.717) is 34.1 Å². The molecule has 32 heavy (non-hydrogen) atoms. The van der Waals surface area contributed by atoms with Gasteiger partial charge in [-0.25, -0.2) is 9.97 Å². The van der Waals surface area contributed by atoms with Gasteiger partial charge in [-0.15, -0.1) is 0 Å². The highest BCUT2D eigenvalue weighted by atomic mass is 16.7. The highest BCUT2D eigenvalue weighted by Gasteiger charge is 2.20. The summed E-state index contributed by atoms with van der Waals surface area (Å²) in [5, 5.41) is 2.76. The molecule has 9 heteroatoms. The van der Waals surface area contributed by atoms with Crippen molar-refractivity contribution in [1.29, 1.82) is 0 Å². The Balaban J connectivity index is 1.50. The Morgan fingerprint density at radius 2 is 1.94 bits per heavy atom. The molecule has 1 amide bonds. The number of ether oxygens (including phenoxy) is 3. The van der Waals surface area contributed by atoms with Crippen molar-refractivity contribution in [2.45, 2.75) is 6.54 Å². The summed E-state index contributed by atoms with van der Waals surface area (Å²) in [5.41, 5.74) is 1.35. The summed E-state index contributed by atoms with van der Waals surface area (Å²) in [4.78, 5) is 34.8. The lowest BCUT2D eigenvalue weighted by atomic mass is 10.2. The smallest absolute Gasteiger partial charge is 0.288 e. The predicted molar refractivity (Wildman–Crippen MR) is 115 cm³/mol. The topological polar surface area (TPSA) is 105 Å². The molecule has 1 aliphatic heterocycles. The molecule has 3 heterocycles. The number of hydrogen-bond donors (Lipinski definition) is 1. The van der Waals surface area contributed by atoms with E-state index in [0.717, 1.165) is 5.56 Å². The largest absolute Gasteiger partial charge is 0.497 e. The average molecular weight is 430 g/mol. The van der Waals surface area contributed by atoms with Gasteiger partial charge in [-0.1, -0.05) is 6.07 Å². The normalized spacial score (nSPS) is 12.0. The molecular weight excluding hydrogens is 412 g/mol. The van der Waals surface area contributed by atoms with E-state index in [1.807, 2.05) is 6.07 Å². The van der Waals surface area contributed by atoms with Gasteiger partial charge in [-0.3, -0.25) is 14.2 Å². The van der Waals surface area contributed by atoms with Crippen LogP contribution in [0.15, 0.2) is 65.6 Å². The first-order valence-electron chi connectivity index (χ1n) is 9.83. The third kappa shape index (κ3) is 3.49. The summed E-state index contributed by atoms with van der Waals surface area (Å²) in [7, 11) is 1.56. The van der Waals surface area contributed by atoms with Crippen LogP contribution in [0.3, 0.4) is 0 Å². The minimum Gasteiger partial charge on any atom is -0.497 e. The van der Waals surface area contributed by atoms with E-state index in [2.05, 4.69) is 15.3 Å². The standard InChI is InChI=1S/C23H18N4O5/c1-30-16-7-5-15(6-8-16)27-21-17(3-2-10-24-21)26-20(23(27)29)22(28)25-12-14-4-9-18-19(11-14)32-13-31-18/h2-11H,12-13H2,1H3,(H,25,28). The van der Waals surface area contributed by atoms with Crippen LogP contribution < -0.4 is 25.1 Å². The van der Waals surface area contributed by atoms with Crippen LogP contribution in [0.2, 0.25) is 0 Å². The highest BCUT2D eigenvalue weighted by molar-refractivity contribution is 5.93. The van der Waals surface area contributed by atoms with Crippen molar-refractivity contribution in [2.24, 2.45) is 0 Å². The molecule has 160 valence electrons. The molecule has 0 aliphatic carbocycles. The Bertz CT molecular complexity index is 1380. The van der Waals surface area contributed by atoms with Crippen LogP contribution in [-0.2, 0) is 6.54 Å². The van der Waals surface area contributed by atoms with Crippen molar-refractivity contribution in [3.8, 4) is 22.9 Å². The molecule has 0 bridgehead atoms. The van der Waals surface area contributed by atoms with Crippen molar-refractivity contribution >= 4 is 17.1 Å². The Kier molecular flexibility index (Phi) is 4.91. The molecular formula is C23H18N4O5. The number of carbonyl (C=O) groups excluding carboxylic acids is 1. The van der Waals surface area contributed by atoms with Gasteiger partial charge in [-0.2, -0.15) is 0 Å². The molecule has 0 atom stereocenters. The summed E-state index contributed by atoms with van der Waals surface area (Å²) < 4.78 is 17.2. The van der Waals surface area contributed by atoms with Crippen LogP contribution in [0.1, 0.15) is 16.1 Å². The number of fused-ring (bicyclic) bond motifs is 2. The number of nitrogens with zero attached hydrogens (tertiary/aromatic N) is 3. The molecule has 5 rings (SSSR count). The van der Waals surface area contributed by atoms with E-state index in [-0.39, 0.29) is 19.0 Å². The van der Waals surface area contributed by atoms with Gasteiger partial charge < -0.3 is 19.5 Å². The minimum atomic E-state index is -0.583. The maximum absolute atomic E-state index is 13.3. The van der Waals surface area contributed by atoms with Crippen LogP contribution in [0.4, 0.5) is 0 Å². The van der Waals surface area contributed by atoms with Gasteiger partial charge in [0.25, 0.3) is 11.5 Å². The lowest BCUT2D eigenvalue weighted by Crippen LogP contribution is -2.34. The Morgan fingerprint density at radius 1 is 1.12 bits per heavy atom. The molecule has 0 saturated heterocycles. The number of methoxy groups -OCH3 is 1. The zero-order valence-corrected chi connectivity index (χ0v) is 17.1. The zero-order valence-electron chi connectivity index (χ0n) is 17.1. The first kappa shape index (κ1) is 19.6. The van der Waals surface area contributed by atoms with Crippen LogP contribution >= 0.6 is 0 Å². The monoisotopic (exact) mass is 430 g/mol. The van der Waals surface area contributed by atoms with Gasteiger partial charge in [0, 0.05) is 12.7 Å². The van der Waals surface area contributed by atoms with Crippen molar-refractivity contribution < 1.29 is 19.0 Å². The van der Waals surface area contributed by atoms with E-state index in [1.54, 1.807) is 61.8 Å². The second-order valence-electron chi connectivity index (χ2n) is 7.02. The SMILES string of the molecule is COc1ccc(-n2c(=O)c(C(=O)NCc3ccc4c(c3)OCO4)nc3cccnc32)cc1. The lowest BCUT2D eigenvalue weighted by Gasteiger charge is -2.12. The molecule has 0 saturated carbocycles. The number of pyridine rings is 1. The Hall–Kier alpha value is -4.40. The van der Waals surface area contributed by atoms with Gasteiger partial charge in [0.2, 0.25) is 6.79 Å². The van der Waals surface area contributed by atoms with Crippen LogP contribution in [0.5, 0.6) is 17.2 Å². The Morgan fingerprint density at radius 3 is 2.75 bits per heavy atom. The number of aromatic nitrogens is 3. The van der Waals surface area contributed by atoms with E-state index >= 15 is 0 Å². The number of hydrogen-bond acceptors (Lipinski definition) is 7. The molecule has 2 aromatic carbocycles. The fourth-order valence-corrected chi connectivity index (χ4v) is 3.45. The van der Waals surface area contributed by atoms with E-state index in [9.17, 15) is 9.59 Å². The first-order chi connectivity index (χ1) is 15.6. The molecule has 1 N–H and O–H groups in total. The van der Waals surface area contributed by atoms with Crippen molar-refractivity contribution in [1.82, 2.24) is 19.9 Å². The van der Waals surface area contributed by atoms with Crippen molar-refractivity contribution in [3.05, 3.63) is 82.4 Å². The number of nitrogens with one attached hydrogen (secondary N) is 1. The fourth-order valence-electron chi connectivity index (χ4n) is 3.45. The molecule has 0 radical (unpaired) electrons. The molecule has 0 fully saturated rings. The first-order valence-corrected chi connectivity index (χ1v) is 9.83. The molecule has 0 spiro atoms. The molecule has 2 aromatic heterocycles. The van der Waals surface area contributed by atoms with Gasteiger partial charge >= 0.3 is 0 Å². The zero-order chi connectivity index (χ0) is 22.1. The second-order valence-corrected chi connectivity index (χ2v) is 7.02. The molecule has 9 nitrogen and oxygen atoms in total. The van der Waals surface area contributed by atoms with Crippen molar-refractivity contribution in [3.63, 3.8) is 0 Å². The summed E-state index contributed by atoms with van der Waals surface area (Å²) in [6.07, 6.45) is 1.57. The predicted octanol–water partition coefficient (Wildman–Crippen LogP) is 2.45. The van der Waals surface area contributed by atoms with E-state index in [4.69, 9.17) is 14.2 Å². The summed E-state index contributed by atoms with van der Waals surface area (Å²) in [6.45, 7) is 0.370. The van der Waals surface area contributed by atoms with E-state index in [1.165, 1.54) is 4.57 Å². The van der Waals surface area contributed by atoms with E-state index < -0.39 is 11.5 Å². The number of carbonyl (C=O) groups is 1. The van der Waals surface area contributed by atoms with Crippen LogP contribution in [0.25, 0.3) is 16.9 Å². The van der Waals surface area contributed by atoms with Crippen LogP contribution in [-0.4, -0.2) is 34.3 Å². The van der Waals surface area contributed by atoms with Gasteiger partial charge in [0.15, 0.2) is 22.8 Å². The third-order valence-electron chi connectivity index (χ3n) is 5.05. The number of amides is 1. The highest BCUT2D eigenvalue weighted by Crippen LogP contribution is 2.32. The second kappa shape index (κ2) is 8.03. The minimum absolute atomic E-state index is 0.172. The number of rotatable bonds is 5. The quantitative estimate of drug-likeness (QED) is 0.519. The number of benzene rings is 2. The summed E-state index contributed by atoms with van der Waals surface area (Å²) in [6, 6.07) is 15.7. The lowest BCUT2D eigenvalue weighted by molar-refractivity contribution is 0.0944. The maximum atomic E-state index is 13.3. The molecule has 0 unspecified atom stereocenters. The van der Waals surface area contributed by atoms with Crippen LogP contribution in [0, 0.1) is 0 Å². The average Bonchev–Trinajstić information content (AvgIpc) is 3.30. The maximum Gasteiger partial charge on any atom is 0.288 e. The Labute approximate surface area is 182 Å². The third-order valence-corrected chi connectivity index (χ3v) is 5.05. The molecule has 4 aromatic rings. The van der Waals surface area contributed by atoms with Gasteiger partial charge in [-0.05, 0) is 54.1 Å². The van der Waals surface area contributed by atoms with Gasteiger partial charge in [0.1, 0.15) is 11.3 Å². The fraction of sp³-hybridized carbons (Fsp3) is 0.130. The van der Waals surface area contributed by atoms with Crippen molar-refractivity contribution in [2.75, 3.05) is 13.9 Å². The summed E-state index contributed by atoms with van der Waals surface area (Å²) >= 11 is 0. The van der Waals surface area contributed by atoms with Gasteiger partial charge in [0.05, 0.1) is 12.8 Å². The summed E-state index contributed by atoms with van der Waals surface area (Å²) in [5.74, 6) is 1.34.